The molecule has 0 saturated carbocycles. The monoisotopic (exact) mass is 298 g/mol. The summed E-state index contributed by atoms with van der Waals surface area (Å²) in [5.74, 6) is -1.75. The fourth-order valence-electron chi connectivity index (χ4n) is 1.77. The summed E-state index contributed by atoms with van der Waals surface area (Å²) in [4.78, 5) is 22.3. The zero-order chi connectivity index (χ0) is 15.8. The third kappa shape index (κ3) is 5.88. The molecule has 8 nitrogen and oxygen atoms in total. The van der Waals surface area contributed by atoms with E-state index in [4.69, 9.17) is 20.5 Å². The molecule has 1 aromatic carbocycles. The molecule has 116 valence electrons. The van der Waals surface area contributed by atoms with Gasteiger partial charge in [-0.3, -0.25) is 10.0 Å². The summed E-state index contributed by atoms with van der Waals surface area (Å²) in [6.45, 7) is 0.195. The van der Waals surface area contributed by atoms with Gasteiger partial charge in [-0.05, 0) is 30.5 Å². The van der Waals surface area contributed by atoms with Crippen LogP contribution in [0.4, 0.5) is 0 Å². The molecule has 21 heavy (non-hydrogen) atoms. The Hall–Kier alpha value is -2.00. The molecule has 0 unspecified atom stereocenters. The molecule has 1 aromatic rings. The quantitative estimate of drug-likeness (QED) is 0.215. The second-order valence-electron chi connectivity index (χ2n) is 4.47. The lowest BCUT2D eigenvalue weighted by Gasteiger charge is -2.17. The first kappa shape index (κ1) is 17.1. The molecule has 1 atom stereocenters. The number of amides is 1. The van der Waals surface area contributed by atoms with Crippen molar-refractivity contribution in [1.82, 2.24) is 10.8 Å². The van der Waals surface area contributed by atoms with Crippen molar-refractivity contribution in [3.8, 4) is 0 Å². The van der Waals surface area contributed by atoms with Gasteiger partial charge in [-0.1, -0.05) is 12.1 Å². The summed E-state index contributed by atoms with van der Waals surface area (Å²) in [6, 6.07) is 5.36. The van der Waals surface area contributed by atoms with Crippen molar-refractivity contribution in [3.05, 3.63) is 35.4 Å². The van der Waals surface area contributed by atoms with Crippen LogP contribution in [0.1, 0.15) is 28.8 Å². The highest BCUT2D eigenvalue weighted by Crippen LogP contribution is 2.07. The number of benzene rings is 1. The van der Waals surface area contributed by atoms with Gasteiger partial charge in [-0.15, -0.1) is 0 Å². The second kappa shape index (κ2) is 8.32. The number of aliphatic hydroxyl groups is 2. The maximum Gasteiger partial charge on any atom is 0.335 e. The molecule has 0 saturated heterocycles. The van der Waals surface area contributed by atoms with E-state index in [0.29, 0.717) is 5.56 Å². The van der Waals surface area contributed by atoms with Crippen molar-refractivity contribution in [3.63, 3.8) is 0 Å². The minimum Gasteiger partial charge on any atom is -0.478 e. The lowest BCUT2D eigenvalue weighted by Crippen LogP contribution is -2.43. The Morgan fingerprint density at radius 1 is 1.19 bits per heavy atom. The summed E-state index contributed by atoms with van der Waals surface area (Å²) >= 11 is 0. The predicted octanol–water partition coefficient (Wildman–Crippen LogP) is -0.561. The van der Waals surface area contributed by atoms with Gasteiger partial charge in [-0.25, -0.2) is 10.3 Å². The average Bonchev–Trinajstić information content (AvgIpc) is 2.46. The highest BCUT2D eigenvalue weighted by Gasteiger charge is 2.18. The van der Waals surface area contributed by atoms with Gasteiger partial charge < -0.3 is 20.6 Å². The number of rotatable bonds is 8. The molecule has 0 spiro atoms. The Kier molecular flexibility index (Phi) is 6.76. The predicted molar refractivity (Wildman–Crippen MR) is 71.4 cm³/mol. The van der Waals surface area contributed by atoms with E-state index in [1.54, 1.807) is 12.1 Å². The molecule has 0 fully saturated rings. The maximum atomic E-state index is 11.4. The third-order valence-corrected chi connectivity index (χ3v) is 2.87. The number of carboxylic acids is 1. The molecule has 0 heterocycles. The average molecular weight is 298 g/mol. The van der Waals surface area contributed by atoms with Crippen molar-refractivity contribution in [2.75, 3.05) is 0 Å². The SMILES string of the molecule is O=C(O)c1cccc(CN[C@H](CCC(O)O)C(=O)NO)c1. The van der Waals surface area contributed by atoms with E-state index in [9.17, 15) is 9.59 Å². The van der Waals surface area contributed by atoms with Crippen molar-refractivity contribution in [2.45, 2.75) is 31.7 Å². The fraction of sp³-hybridized carbons (Fsp3) is 0.385. The van der Waals surface area contributed by atoms with Crippen LogP contribution >= 0.6 is 0 Å². The first-order chi connectivity index (χ1) is 9.93. The van der Waals surface area contributed by atoms with E-state index >= 15 is 0 Å². The molecule has 6 N–H and O–H groups in total. The molecule has 8 heteroatoms. The number of carbonyl (C=O) groups excluding carboxylic acids is 1. The van der Waals surface area contributed by atoms with Crippen LogP contribution in [0.2, 0.25) is 0 Å². The van der Waals surface area contributed by atoms with Crippen LogP contribution < -0.4 is 10.8 Å². The fourth-order valence-corrected chi connectivity index (χ4v) is 1.77. The molecule has 0 aliphatic heterocycles. The van der Waals surface area contributed by atoms with E-state index in [1.807, 2.05) is 0 Å². The summed E-state index contributed by atoms with van der Waals surface area (Å²) < 4.78 is 0. The first-order valence-corrected chi connectivity index (χ1v) is 6.29. The van der Waals surface area contributed by atoms with E-state index < -0.39 is 24.2 Å². The number of hydrogen-bond donors (Lipinski definition) is 6. The number of hydroxylamine groups is 1. The van der Waals surface area contributed by atoms with E-state index in [1.165, 1.54) is 17.6 Å². The molecule has 0 aliphatic rings. The molecule has 0 aliphatic carbocycles. The maximum absolute atomic E-state index is 11.4. The normalized spacial score (nSPS) is 12.2. The van der Waals surface area contributed by atoms with Gasteiger partial charge in [0.15, 0.2) is 6.29 Å². The van der Waals surface area contributed by atoms with Gasteiger partial charge >= 0.3 is 5.97 Å². The lowest BCUT2D eigenvalue weighted by molar-refractivity contribution is -0.132. The molecular formula is C13H18N2O6. The van der Waals surface area contributed by atoms with Crippen LogP contribution in [0.25, 0.3) is 0 Å². The Balaban J connectivity index is 2.65. The largest absolute Gasteiger partial charge is 0.478 e. The molecule has 0 aromatic heterocycles. The Labute approximate surface area is 121 Å². The topological polar surface area (TPSA) is 139 Å². The van der Waals surface area contributed by atoms with Gasteiger partial charge in [0.1, 0.15) is 0 Å². The zero-order valence-electron chi connectivity index (χ0n) is 11.2. The Bertz CT molecular complexity index is 491. The van der Waals surface area contributed by atoms with Gasteiger partial charge in [0.2, 0.25) is 0 Å². The molecule has 0 radical (unpaired) electrons. The highest BCUT2D eigenvalue weighted by atomic mass is 16.5. The minimum atomic E-state index is -1.55. The molecule has 1 rings (SSSR count). The summed E-state index contributed by atoms with van der Waals surface area (Å²) in [6.07, 6.45) is -1.49. The van der Waals surface area contributed by atoms with E-state index in [0.717, 1.165) is 0 Å². The van der Waals surface area contributed by atoms with Crippen LogP contribution in [0, 0.1) is 0 Å². The zero-order valence-corrected chi connectivity index (χ0v) is 11.2. The van der Waals surface area contributed by atoms with Crippen molar-refractivity contribution in [1.29, 1.82) is 0 Å². The number of carboxylic acid groups (broad SMARTS) is 1. The minimum absolute atomic E-state index is 0.0414. The van der Waals surface area contributed by atoms with Crippen LogP contribution in [-0.2, 0) is 11.3 Å². The molecule has 0 bridgehead atoms. The van der Waals surface area contributed by atoms with Crippen molar-refractivity contribution in [2.24, 2.45) is 0 Å². The van der Waals surface area contributed by atoms with E-state index in [-0.39, 0.29) is 24.9 Å². The number of hydrogen-bond acceptors (Lipinski definition) is 6. The van der Waals surface area contributed by atoms with Crippen LogP contribution in [0.5, 0.6) is 0 Å². The number of carbonyl (C=O) groups is 2. The van der Waals surface area contributed by atoms with Crippen LogP contribution in [0.3, 0.4) is 0 Å². The van der Waals surface area contributed by atoms with Crippen molar-refractivity contribution >= 4 is 11.9 Å². The standard InChI is InChI=1S/C13H18N2O6/c16-11(17)5-4-10(12(18)15-21)14-7-8-2-1-3-9(6-8)13(19)20/h1-3,6,10-11,14,16-17,21H,4-5,7H2,(H,15,18)(H,19,20)/t10-/m1/s1. The number of aliphatic hydroxyl groups excluding tert-OH is 1. The number of nitrogens with one attached hydrogen (secondary N) is 2. The summed E-state index contributed by atoms with van der Waals surface area (Å²) in [5.41, 5.74) is 2.27. The second-order valence-corrected chi connectivity index (χ2v) is 4.47. The molecule has 1 amide bonds. The van der Waals surface area contributed by atoms with Gasteiger partial charge in [0, 0.05) is 6.54 Å². The first-order valence-electron chi connectivity index (χ1n) is 6.29. The summed E-state index contributed by atoms with van der Waals surface area (Å²) in [5, 5.41) is 38.0. The highest BCUT2D eigenvalue weighted by molar-refractivity contribution is 5.87. The molecular weight excluding hydrogens is 280 g/mol. The summed E-state index contributed by atoms with van der Waals surface area (Å²) in [7, 11) is 0. The Morgan fingerprint density at radius 3 is 2.48 bits per heavy atom. The van der Waals surface area contributed by atoms with Crippen LogP contribution in [-0.4, -0.2) is 44.7 Å². The van der Waals surface area contributed by atoms with Crippen molar-refractivity contribution < 1.29 is 30.1 Å². The van der Waals surface area contributed by atoms with Crippen LogP contribution in [0.15, 0.2) is 24.3 Å². The third-order valence-electron chi connectivity index (χ3n) is 2.87. The van der Waals surface area contributed by atoms with Gasteiger partial charge in [0.05, 0.1) is 11.6 Å². The smallest absolute Gasteiger partial charge is 0.335 e. The van der Waals surface area contributed by atoms with Gasteiger partial charge in [0.25, 0.3) is 5.91 Å². The van der Waals surface area contributed by atoms with Gasteiger partial charge in [-0.2, -0.15) is 0 Å². The number of aromatic carboxylic acids is 1. The Morgan fingerprint density at radius 2 is 1.90 bits per heavy atom. The van der Waals surface area contributed by atoms with E-state index in [2.05, 4.69) is 5.32 Å². The lowest BCUT2D eigenvalue weighted by atomic mass is 10.1.